The van der Waals surface area contributed by atoms with E-state index in [0.29, 0.717) is 5.75 Å². The molecule has 1 fully saturated rings. The third-order valence-electron chi connectivity index (χ3n) is 4.30. The van der Waals surface area contributed by atoms with E-state index in [2.05, 4.69) is 34.5 Å². The topological polar surface area (TPSA) is 32.3 Å². The summed E-state index contributed by atoms with van der Waals surface area (Å²) in [5.41, 5.74) is 2.52. The molecule has 1 heterocycles. The first-order valence-electron chi connectivity index (χ1n) is 8.57. The second-order valence-corrected chi connectivity index (χ2v) is 7.82. The van der Waals surface area contributed by atoms with Crippen LogP contribution in [0.25, 0.3) is 0 Å². The van der Waals surface area contributed by atoms with E-state index in [1.165, 1.54) is 11.1 Å². The molecule has 0 bridgehead atoms. The number of carbonyl (C=O) groups excluding carboxylic acids is 1. The zero-order valence-electron chi connectivity index (χ0n) is 14.2. The van der Waals surface area contributed by atoms with E-state index in [9.17, 15) is 4.79 Å². The third kappa shape index (κ3) is 6.07. The summed E-state index contributed by atoms with van der Waals surface area (Å²) in [6.07, 6.45) is 1.03. The van der Waals surface area contributed by atoms with Gasteiger partial charge in [-0.05, 0) is 29.7 Å². The van der Waals surface area contributed by atoms with Crippen molar-refractivity contribution in [1.29, 1.82) is 0 Å². The van der Waals surface area contributed by atoms with Crippen LogP contribution in [-0.2, 0) is 17.1 Å². The first-order chi connectivity index (χ1) is 12.2. The summed E-state index contributed by atoms with van der Waals surface area (Å²) in [5, 5.41) is 3.91. The lowest BCUT2D eigenvalue weighted by Crippen LogP contribution is -2.38. The van der Waals surface area contributed by atoms with Crippen molar-refractivity contribution >= 4 is 29.3 Å². The zero-order valence-corrected chi connectivity index (χ0v) is 15.7. The highest BCUT2D eigenvalue weighted by molar-refractivity contribution is 7.99. The molecule has 3 rings (SSSR count). The van der Waals surface area contributed by atoms with E-state index in [-0.39, 0.29) is 11.9 Å². The molecule has 0 spiro atoms. The van der Waals surface area contributed by atoms with Gasteiger partial charge >= 0.3 is 0 Å². The number of hydrogen-bond acceptors (Lipinski definition) is 3. The molecule has 1 saturated heterocycles. The number of rotatable bonds is 7. The Morgan fingerprint density at radius 2 is 1.88 bits per heavy atom. The fourth-order valence-electron chi connectivity index (χ4n) is 3.05. The minimum atomic E-state index is 0.130. The summed E-state index contributed by atoms with van der Waals surface area (Å²) in [6, 6.07) is 18.5. The molecular weight excluding hydrogens is 352 g/mol. The fraction of sp³-hybridized carbons (Fsp3) is 0.350. The molecular formula is C20H23ClN2OS. The van der Waals surface area contributed by atoms with Crippen LogP contribution in [0.15, 0.2) is 54.6 Å². The first kappa shape index (κ1) is 18.3. The van der Waals surface area contributed by atoms with Crippen molar-refractivity contribution in [3.05, 3.63) is 70.7 Å². The van der Waals surface area contributed by atoms with Gasteiger partial charge in [0, 0.05) is 36.5 Å². The van der Waals surface area contributed by atoms with Crippen molar-refractivity contribution in [2.75, 3.05) is 18.8 Å². The summed E-state index contributed by atoms with van der Waals surface area (Å²) in [6.45, 7) is 2.93. The largest absolute Gasteiger partial charge is 0.351 e. The summed E-state index contributed by atoms with van der Waals surface area (Å²) in [4.78, 5) is 14.5. The maximum atomic E-state index is 12.1. The van der Waals surface area contributed by atoms with Crippen LogP contribution in [0.2, 0.25) is 5.02 Å². The van der Waals surface area contributed by atoms with E-state index < -0.39 is 0 Å². The molecule has 0 aliphatic carbocycles. The van der Waals surface area contributed by atoms with E-state index in [0.717, 1.165) is 36.8 Å². The van der Waals surface area contributed by atoms with Gasteiger partial charge in [-0.1, -0.05) is 54.1 Å². The number of nitrogens with zero attached hydrogens (tertiary/aromatic N) is 1. The number of carbonyl (C=O) groups is 1. The zero-order chi connectivity index (χ0) is 17.5. The molecule has 0 radical (unpaired) electrons. The van der Waals surface area contributed by atoms with Gasteiger partial charge in [-0.2, -0.15) is 0 Å². The van der Waals surface area contributed by atoms with E-state index >= 15 is 0 Å². The Balaban J connectivity index is 1.35. The van der Waals surface area contributed by atoms with Gasteiger partial charge in [0.15, 0.2) is 0 Å². The maximum absolute atomic E-state index is 12.1. The average molecular weight is 375 g/mol. The lowest BCUT2D eigenvalue weighted by molar-refractivity contribution is -0.119. The molecule has 1 N–H and O–H groups in total. The van der Waals surface area contributed by atoms with Crippen LogP contribution in [-0.4, -0.2) is 35.7 Å². The second-order valence-electron chi connectivity index (χ2n) is 6.39. The Labute approximate surface area is 158 Å². The standard InChI is InChI=1S/C20H23ClN2OS/c21-18-8-6-17(7-9-18)14-25-15-20(24)22-19-10-11-23(13-19)12-16-4-2-1-3-5-16/h1-9,19H,10-15H2,(H,22,24)/t19-/m1/s1. The highest BCUT2D eigenvalue weighted by atomic mass is 35.5. The molecule has 0 unspecified atom stereocenters. The Morgan fingerprint density at radius 1 is 1.12 bits per heavy atom. The molecule has 132 valence electrons. The number of benzene rings is 2. The summed E-state index contributed by atoms with van der Waals surface area (Å²) < 4.78 is 0. The molecule has 1 aliphatic heterocycles. The number of thioether (sulfide) groups is 1. The molecule has 1 atom stereocenters. The number of nitrogens with one attached hydrogen (secondary N) is 1. The van der Waals surface area contributed by atoms with Crippen LogP contribution in [0, 0.1) is 0 Å². The molecule has 1 aliphatic rings. The van der Waals surface area contributed by atoms with E-state index in [1.807, 2.05) is 30.3 Å². The Kier molecular flexibility index (Phi) is 6.79. The first-order valence-corrected chi connectivity index (χ1v) is 10.1. The number of halogens is 1. The number of hydrogen-bond donors (Lipinski definition) is 1. The van der Waals surface area contributed by atoms with Crippen LogP contribution in [0.4, 0.5) is 0 Å². The summed E-state index contributed by atoms with van der Waals surface area (Å²) >= 11 is 7.52. The highest BCUT2D eigenvalue weighted by Crippen LogP contribution is 2.16. The van der Waals surface area contributed by atoms with Crippen LogP contribution in [0.1, 0.15) is 17.5 Å². The average Bonchev–Trinajstić information content (AvgIpc) is 3.04. The van der Waals surface area contributed by atoms with Crippen LogP contribution >= 0.6 is 23.4 Å². The van der Waals surface area contributed by atoms with Crippen LogP contribution < -0.4 is 5.32 Å². The molecule has 25 heavy (non-hydrogen) atoms. The molecule has 0 saturated carbocycles. The van der Waals surface area contributed by atoms with Gasteiger partial charge in [0.1, 0.15) is 0 Å². The van der Waals surface area contributed by atoms with Crippen LogP contribution in [0.5, 0.6) is 0 Å². The smallest absolute Gasteiger partial charge is 0.230 e. The number of amides is 1. The molecule has 1 amide bonds. The van der Waals surface area contributed by atoms with Crippen molar-refractivity contribution in [2.45, 2.75) is 24.8 Å². The second kappa shape index (κ2) is 9.27. The van der Waals surface area contributed by atoms with Gasteiger partial charge < -0.3 is 5.32 Å². The Bertz CT molecular complexity index is 678. The van der Waals surface area contributed by atoms with Gasteiger partial charge in [-0.3, -0.25) is 9.69 Å². The van der Waals surface area contributed by atoms with Gasteiger partial charge in [0.2, 0.25) is 5.91 Å². The summed E-state index contributed by atoms with van der Waals surface area (Å²) in [5.74, 6) is 1.46. The maximum Gasteiger partial charge on any atom is 0.230 e. The molecule has 2 aromatic rings. The number of likely N-dealkylation sites (tertiary alicyclic amines) is 1. The van der Waals surface area contributed by atoms with Crippen molar-refractivity contribution in [3.8, 4) is 0 Å². The van der Waals surface area contributed by atoms with E-state index in [1.54, 1.807) is 11.8 Å². The third-order valence-corrected chi connectivity index (χ3v) is 5.56. The van der Waals surface area contributed by atoms with Crippen molar-refractivity contribution in [2.24, 2.45) is 0 Å². The lowest BCUT2D eigenvalue weighted by atomic mass is 10.2. The van der Waals surface area contributed by atoms with Gasteiger partial charge in [-0.25, -0.2) is 0 Å². The van der Waals surface area contributed by atoms with E-state index in [4.69, 9.17) is 11.6 Å². The lowest BCUT2D eigenvalue weighted by Gasteiger charge is -2.16. The Morgan fingerprint density at radius 3 is 2.64 bits per heavy atom. The molecule has 5 heteroatoms. The monoisotopic (exact) mass is 374 g/mol. The van der Waals surface area contributed by atoms with Crippen molar-refractivity contribution in [1.82, 2.24) is 10.2 Å². The predicted molar refractivity (Wildman–Crippen MR) is 106 cm³/mol. The fourth-order valence-corrected chi connectivity index (χ4v) is 3.97. The molecule has 2 aromatic carbocycles. The SMILES string of the molecule is O=C(CSCc1ccc(Cl)cc1)N[C@@H]1CCN(Cc2ccccc2)C1. The van der Waals surface area contributed by atoms with Crippen molar-refractivity contribution < 1.29 is 4.79 Å². The minimum absolute atomic E-state index is 0.130. The highest BCUT2D eigenvalue weighted by Gasteiger charge is 2.23. The summed E-state index contributed by atoms with van der Waals surface area (Å²) in [7, 11) is 0. The molecule has 0 aromatic heterocycles. The van der Waals surface area contributed by atoms with Crippen LogP contribution in [0.3, 0.4) is 0 Å². The minimum Gasteiger partial charge on any atom is -0.351 e. The molecule has 3 nitrogen and oxygen atoms in total. The quantitative estimate of drug-likeness (QED) is 0.796. The van der Waals surface area contributed by atoms with Crippen molar-refractivity contribution in [3.63, 3.8) is 0 Å². The normalized spacial score (nSPS) is 17.6. The van der Waals surface area contributed by atoms with Gasteiger partial charge in [0.05, 0.1) is 5.75 Å². The Hall–Kier alpha value is -1.49. The van der Waals surface area contributed by atoms with Gasteiger partial charge in [0.25, 0.3) is 0 Å². The predicted octanol–water partition coefficient (Wildman–Crippen LogP) is 3.96. The van der Waals surface area contributed by atoms with Gasteiger partial charge in [-0.15, -0.1) is 11.8 Å².